The number of nitrogens with one attached hydrogen (secondary N) is 2. The van der Waals surface area contributed by atoms with E-state index in [1.54, 1.807) is 58.0 Å². The summed E-state index contributed by atoms with van der Waals surface area (Å²) >= 11 is 0. The summed E-state index contributed by atoms with van der Waals surface area (Å²) in [5.74, 6) is -5.98. The van der Waals surface area contributed by atoms with Gasteiger partial charge in [-0.15, -0.1) is 5.53 Å². The summed E-state index contributed by atoms with van der Waals surface area (Å²) in [6, 6.07) is 4.86. The molecule has 1 amide bonds. The number of cyclic esters (lactones) is 1. The van der Waals surface area contributed by atoms with Gasteiger partial charge in [0, 0.05) is 67.9 Å². The number of esters is 1. The summed E-state index contributed by atoms with van der Waals surface area (Å²) in [7, 11) is 5.01. The number of hydrogen-bond donors (Lipinski definition) is 3. The number of non-ortho nitro benzene ring substituents is 1. The molecule has 4 aliphatic heterocycles. The van der Waals surface area contributed by atoms with Gasteiger partial charge in [0.05, 0.1) is 34.5 Å². The van der Waals surface area contributed by atoms with E-state index in [1.165, 1.54) is 31.1 Å². The van der Waals surface area contributed by atoms with Crippen LogP contribution in [0.1, 0.15) is 93.1 Å². The van der Waals surface area contributed by atoms with Crippen molar-refractivity contribution in [2.45, 2.75) is 147 Å². The van der Waals surface area contributed by atoms with E-state index >= 15 is 4.39 Å². The zero-order valence-electron chi connectivity index (χ0n) is 37.7. The van der Waals surface area contributed by atoms with Crippen LogP contribution in [0.4, 0.5) is 14.9 Å². The summed E-state index contributed by atoms with van der Waals surface area (Å²) in [5.41, 5.74) is 0.909. The number of aliphatic hydroxyl groups excluding tert-OH is 1. The molecule has 346 valence electrons. The third-order valence-corrected chi connectivity index (χ3v) is 13.2. The highest BCUT2D eigenvalue weighted by molar-refractivity contribution is 6.08. The number of ketones is 2. The Kier molecular flexibility index (Phi) is 15.1. The van der Waals surface area contributed by atoms with Crippen molar-refractivity contribution >= 4 is 35.0 Å². The fraction of sp³-hybridized carbons (Fsp3) is 0.721. The number of rotatable bonds is 12. The van der Waals surface area contributed by atoms with Gasteiger partial charge in [0.1, 0.15) is 18.0 Å². The van der Waals surface area contributed by atoms with Crippen LogP contribution in [-0.4, -0.2) is 142 Å². The predicted molar refractivity (Wildman–Crippen MR) is 223 cm³/mol. The van der Waals surface area contributed by atoms with Crippen molar-refractivity contribution in [2.24, 2.45) is 17.8 Å². The Bertz CT molecular complexity index is 1870. The molecule has 5 rings (SSSR count). The maximum absolute atomic E-state index is 16.9. The molecule has 2 unspecified atom stereocenters. The van der Waals surface area contributed by atoms with E-state index in [-0.39, 0.29) is 43.0 Å². The van der Waals surface area contributed by atoms with Crippen molar-refractivity contribution in [1.29, 1.82) is 0 Å². The number of Topliss-reactive ketones (excluding diaryl/α,β-unsaturated/α-hetero) is 2. The molecule has 4 heterocycles. The highest BCUT2D eigenvalue weighted by Crippen LogP contribution is 2.44. The first kappa shape index (κ1) is 48.8. The SMILES string of the molecule is CC[C@H]1OC(=O)[C@@](C)(F)C(=O)[C@H](C)[C@@H](OC2O[C@H](C)C[C@H](N(C)C)[C@H]2O)[C@@](C)(OC)C[C@@H](C)C(=O)[C@H](C)C2N(CCCCN3C=C(c4cccc([N+](=O)[O-])c4)NN3)C(=O)O[C@@]21C. The van der Waals surface area contributed by atoms with E-state index in [0.717, 1.165) is 6.92 Å². The molecular formula is C43H65FN6O12. The summed E-state index contributed by atoms with van der Waals surface area (Å²) < 4.78 is 47.4. The number of hydrogen-bond acceptors (Lipinski definition) is 16. The second-order valence-electron chi connectivity index (χ2n) is 18.1. The van der Waals surface area contributed by atoms with E-state index < -0.39 is 88.0 Å². The van der Waals surface area contributed by atoms with Crippen molar-refractivity contribution < 1.29 is 57.3 Å². The van der Waals surface area contributed by atoms with Crippen LogP contribution in [0.15, 0.2) is 30.5 Å². The van der Waals surface area contributed by atoms with Gasteiger partial charge < -0.3 is 44.0 Å². The monoisotopic (exact) mass is 876 g/mol. The number of carbonyl (C=O) groups excluding carboxylic acids is 4. The highest BCUT2D eigenvalue weighted by Gasteiger charge is 2.61. The fourth-order valence-electron chi connectivity index (χ4n) is 9.68. The van der Waals surface area contributed by atoms with Crippen molar-refractivity contribution in [2.75, 3.05) is 34.3 Å². The largest absolute Gasteiger partial charge is 0.455 e. The highest BCUT2D eigenvalue weighted by atomic mass is 19.1. The second-order valence-corrected chi connectivity index (χ2v) is 18.1. The molecule has 62 heavy (non-hydrogen) atoms. The topological polar surface area (TPSA) is 212 Å². The molecule has 0 spiro atoms. The number of nitro groups is 1. The number of halogens is 1. The first-order valence-electron chi connectivity index (χ1n) is 21.4. The number of nitrogens with zero attached hydrogens (tertiary/aromatic N) is 4. The number of amides is 1. The van der Waals surface area contributed by atoms with Crippen LogP contribution in [0, 0.1) is 27.9 Å². The molecule has 3 fully saturated rings. The van der Waals surface area contributed by atoms with Gasteiger partial charge in [-0.25, -0.2) is 14.0 Å². The first-order chi connectivity index (χ1) is 29.0. The van der Waals surface area contributed by atoms with Crippen LogP contribution >= 0.6 is 0 Å². The molecule has 1 aromatic carbocycles. The van der Waals surface area contributed by atoms with Gasteiger partial charge in [0.25, 0.3) is 11.4 Å². The van der Waals surface area contributed by atoms with Crippen LogP contribution < -0.4 is 11.0 Å². The summed E-state index contributed by atoms with van der Waals surface area (Å²) in [4.78, 5) is 70.9. The standard InChI is InChI=1S/C43H65FN6O12/c1-12-32-43(8)35(49(40(55)62-43)19-14-13-18-48-23-30(45-46-48)28-16-15-17-29(21-28)50(56)57)26(4)33(51)24(2)22-41(6,58-11)37(27(5)36(53)42(7,44)39(54)60-32)61-38-34(52)31(47(9)10)20-25(3)59-38/h15-17,21,23-27,31-32,34-35,37-38,45-46,52H,12-14,18-20,22H2,1-11H3/t24-,25-,26+,27+,31+,32-,34-,35?,37-,38?,41+,42+,43-/m1/s1. The normalized spacial score (nSPS) is 37.4. The quantitative estimate of drug-likeness (QED) is 0.0879. The van der Waals surface area contributed by atoms with Gasteiger partial charge >= 0.3 is 12.1 Å². The molecule has 0 aliphatic carbocycles. The Morgan fingerprint density at radius 3 is 2.37 bits per heavy atom. The van der Waals surface area contributed by atoms with Crippen molar-refractivity contribution in [3.8, 4) is 0 Å². The minimum atomic E-state index is -3.21. The van der Waals surface area contributed by atoms with Gasteiger partial charge in [-0.05, 0) is 73.9 Å². The maximum Gasteiger partial charge on any atom is 0.410 e. The number of aliphatic hydroxyl groups is 1. The van der Waals surface area contributed by atoms with Gasteiger partial charge in [0.15, 0.2) is 17.7 Å². The first-order valence-corrected chi connectivity index (χ1v) is 21.4. The predicted octanol–water partition coefficient (Wildman–Crippen LogP) is 4.29. The van der Waals surface area contributed by atoms with Crippen LogP contribution in [-0.2, 0) is 38.1 Å². The molecule has 1 aromatic rings. The van der Waals surface area contributed by atoms with E-state index in [4.69, 9.17) is 23.7 Å². The Morgan fingerprint density at radius 1 is 1.06 bits per heavy atom. The molecule has 0 saturated carbocycles. The van der Waals surface area contributed by atoms with E-state index in [1.807, 2.05) is 25.9 Å². The van der Waals surface area contributed by atoms with Gasteiger partial charge in [0.2, 0.25) is 0 Å². The number of carbonyl (C=O) groups is 4. The fourth-order valence-corrected chi connectivity index (χ4v) is 9.68. The van der Waals surface area contributed by atoms with Crippen LogP contribution in [0.5, 0.6) is 0 Å². The Labute approximate surface area is 362 Å². The Hall–Kier alpha value is -4.27. The average molecular weight is 877 g/mol. The van der Waals surface area contributed by atoms with Crippen molar-refractivity contribution in [3.05, 3.63) is 46.1 Å². The second kappa shape index (κ2) is 19.2. The Balaban J connectivity index is 1.43. The zero-order valence-corrected chi connectivity index (χ0v) is 37.7. The third kappa shape index (κ3) is 9.77. The van der Waals surface area contributed by atoms with Crippen LogP contribution in [0.2, 0.25) is 0 Å². The molecule has 3 N–H and O–H groups in total. The lowest BCUT2D eigenvalue weighted by Gasteiger charge is -2.47. The maximum atomic E-state index is 16.9. The van der Waals surface area contributed by atoms with Gasteiger partial charge in [-0.1, -0.05) is 39.8 Å². The van der Waals surface area contributed by atoms with Crippen molar-refractivity contribution in [1.82, 2.24) is 25.8 Å². The number of fused-ring (bicyclic) bond motifs is 1. The van der Waals surface area contributed by atoms with Crippen molar-refractivity contribution in [3.63, 3.8) is 0 Å². The molecule has 0 aromatic heterocycles. The molecule has 13 atom stereocenters. The lowest BCUT2D eigenvalue weighted by Crippen LogP contribution is -2.61. The molecular weight excluding hydrogens is 812 g/mol. The number of benzene rings is 1. The van der Waals surface area contributed by atoms with E-state index in [9.17, 15) is 34.4 Å². The zero-order chi connectivity index (χ0) is 46.1. The van der Waals surface area contributed by atoms with Crippen LogP contribution in [0.3, 0.4) is 0 Å². The van der Waals surface area contributed by atoms with E-state index in [2.05, 4.69) is 11.0 Å². The number of ether oxygens (including phenoxy) is 5. The molecule has 19 heteroatoms. The van der Waals surface area contributed by atoms with Crippen LogP contribution in [0.25, 0.3) is 5.70 Å². The minimum absolute atomic E-state index is 0.0317. The number of hydrazine groups is 2. The number of nitro benzene ring substituents is 1. The molecule has 18 nitrogen and oxygen atoms in total. The molecule has 0 radical (unpaired) electrons. The lowest BCUT2D eigenvalue weighted by atomic mass is 9.73. The van der Waals surface area contributed by atoms with E-state index in [0.29, 0.717) is 37.1 Å². The molecule has 4 aliphatic rings. The summed E-state index contributed by atoms with van der Waals surface area (Å²) in [6.45, 7) is 13.0. The minimum Gasteiger partial charge on any atom is -0.455 e. The van der Waals surface area contributed by atoms with Gasteiger partial charge in [-0.3, -0.25) is 24.7 Å². The lowest BCUT2D eigenvalue weighted by molar-refractivity contribution is -0.384. The van der Waals surface area contributed by atoms with Gasteiger partial charge in [-0.2, -0.15) is 0 Å². The number of alkyl halides is 1. The number of unbranched alkanes of at least 4 members (excludes halogenated alkanes) is 1. The molecule has 0 bridgehead atoms. The Morgan fingerprint density at radius 2 is 1.74 bits per heavy atom. The smallest absolute Gasteiger partial charge is 0.410 e. The molecule has 3 saturated heterocycles. The average Bonchev–Trinajstić information content (AvgIpc) is 3.81. The number of likely N-dealkylation sites (N-methyl/N-ethyl adjacent to an activating group) is 1. The number of methoxy groups -OCH3 is 1. The summed E-state index contributed by atoms with van der Waals surface area (Å²) in [5, 5.41) is 24.5. The summed E-state index contributed by atoms with van der Waals surface area (Å²) in [6.07, 6.45) is -2.85. The third-order valence-electron chi connectivity index (χ3n) is 13.2.